The summed E-state index contributed by atoms with van der Waals surface area (Å²) < 4.78 is 24.4. The van der Waals surface area contributed by atoms with Crippen LogP contribution in [0.2, 0.25) is 0 Å². The van der Waals surface area contributed by atoms with Gasteiger partial charge in [-0.3, -0.25) is 14.7 Å². The van der Waals surface area contributed by atoms with Crippen molar-refractivity contribution in [2.75, 3.05) is 31.1 Å². The van der Waals surface area contributed by atoms with Crippen molar-refractivity contribution in [1.29, 1.82) is 0 Å². The topological polar surface area (TPSA) is 70.6 Å². The Morgan fingerprint density at radius 1 is 1.25 bits per heavy atom. The molecule has 3 rings (SSSR count). The number of sulfone groups is 1. The van der Waals surface area contributed by atoms with Crippen LogP contribution in [-0.2, 0) is 9.84 Å². The average Bonchev–Trinajstić information content (AvgIpc) is 2.87. The summed E-state index contributed by atoms with van der Waals surface area (Å²) in [6.07, 6.45) is 3.69. The molecular weight excluding hydrogens is 326 g/mol. The molecule has 3 heterocycles. The molecule has 2 aliphatic rings. The molecule has 1 aromatic heterocycles. The SMILES string of the molecule is CC(C)=CCN1CCN(C(=O)c2ccccn2)C2CS(=O)(=O)CC21. The molecule has 130 valence electrons. The molecule has 0 saturated carbocycles. The Labute approximate surface area is 143 Å². The van der Waals surface area contributed by atoms with E-state index in [-0.39, 0.29) is 29.5 Å². The molecule has 2 atom stereocenters. The minimum atomic E-state index is -3.13. The fourth-order valence-corrected chi connectivity index (χ4v) is 5.45. The van der Waals surface area contributed by atoms with E-state index in [1.54, 1.807) is 29.3 Å². The largest absolute Gasteiger partial charge is 0.330 e. The lowest BCUT2D eigenvalue weighted by Crippen LogP contribution is -2.60. The number of fused-ring (bicyclic) bond motifs is 1. The van der Waals surface area contributed by atoms with Gasteiger partial charge in [0.15, 0.2) is 9.84 Å². The number of pyridine rings is 1. The van der Waals surface area contributed by atoms with E-state index in [2.05, 4.69) is 16.0 Å². The first kappa shape index (κ1) is 17.1. The van der Waals surface area contributed by atoms with Crippen LogP contribution in [0.5, 0.6) is 0 Å². The summed E-state index contributed by atoms with van der Waals surface area (Å²) in [5.41, 5.74) is 1.58. The monoisotopic (exact) mass is 349 g/mol. The molecule has 24 heavy (non-hydrogen) atoms. The summed E-state index contributed by atoms with van der Waals surface area (Å²) >= 11 is 0. The van der Waals surface area contributed by atoms with Gasteiger partial charge in [0.1, 0.15) is 5.69 Å². The number of aromatic nitrogens is 1. The van der Waals surface area contributed by atoms with Gasteiger partial charge in [-0.05, 0) is 26.0 Å². The van der Waals surface area contributed by atoms with E-state index < -0.39 is 9.84 Å². The Hall–Kier alpha value is -1.73. The Bertz CT molecular complexity index is 742. The van der Waals surface area contributed by atoms with Crippen LogP contribution in [0.3, 0.4) is 0 Å². The second-order valence-electron chi connectivity index (χ2n) is 6.70. The third kappa shape index (κ3) is 3.52. The third-order valence-electron chi connectivity index (χ3n) is 4.67. The zero-order valence-electron chi connectivity index (χ0n) is 14.1. The van der Waals surface area contributed by atoms with Crippen molar-refractivity contribution in [3.05, 3.63) is 41.7 Å². The minimum Gasteiger partial charge on any atom is -0.330 e. The number of allylic oxidation sites excluding steroid dienone is 1. The molecule has 0 bridgehead atoms. The molecule has 0 aliphatic carbocycles. The fourth-order valence-electron chi connectivity index (χ4n) is 3.44. The maximum atomic E-state index is 12.8. The second-order valence-corrected chi connectivity index (χ2v) is 8.86. The molecule has 0 N–H and O–H groups in total. The molecule has 6 nitrogen and oxygen atoms in total. The molecule has 2 aliphatic heterocycles. The molecule has 0 aromatic carbocycles. The Balaban J connectivity index is 1.84. The van der Waals surface area contributed by atoms with Gasteiger partial charge in [-0.15, -0.1) is 0 Å². The van der Waals surface area contributed by atoms with Crippen molar-refractivity contribution >= 4 is 15.7 Å². The normalized spacial score (nSPS) is 26.0. The molecule has 1 amide bonds. The maximum Gasteiger partial charge on any atom is 0.272 e. The van der Waals surface area contributed by atoms with Crippen molar-refractivity contribution in [3.8, 4) is 0 Å². The van der Waals surface area contributed by atoms with Gasteiger partial charge in [-0.2, -0.15) is 0 Å². The summed E-state index contributed by atoms with van der Waals surface area (Å²) in [5.74, 6) is -0.00785. The van der Waals surface area contributed by atoms with Crippen LogP contribution >= 0.6 is 0 Å². The van der Waals surface area contributed by atoms with Crippen molar-refractivity contribution < 1.29 is 13.2 Å². The first-order chi connectivity index (χ1) is 11.4. The van der Waals surface area contributed by atoms with Gasteiger partial charge >= 0.3 is 0 Å². The van der Waals surface area contributed by atoms with Crippen LogP contribution in [0.1, 0.15) is 24.3 Å². The summed E-state index contributed by atoms with van der Waals surface area (Å²) in [6.45, 7) is 6.00. The highest BCUT2D eigenvalue weighted by Gasteiger charge is 2.47. The van der Waals surface area contributed by atoms with Crippen LogP contribution in [0.25, 0.3) is 0 Å². The van der Waals surface area contributed by atoms with E-state index in [1.165, 1.54) is 5.57 Å². The first-order valence-electron chi connectivity index (χ1n) is 8.17. The molecule has 2 saturated heterocycles. The number of hydrogen-bond donors (Lipinski definition) is 0. The van der Waals surface area contributed by atoms with Crippen molar-refractivity contribution in [2.24, 2.45) is 0 Å². The van der Waals surface area contributed by atoms with Gasteiger partial charge in [-0.1, -0.05) is 17.7 Å². The highest BCUT2D eigenvalue weighted by Crippen LogP contribution is 2.28. The van der Waals surface area contributed by atoms with Crippen LogP contribution in [0.4, 0.5) is 0 Å². The predicted octanol–water partition coefficient (Wildman–Crippen LogP) is 0.971. The Morgan fingerprint density at radius 3 is 2.67 bits per heavy atom. The molecule has 2 unspecified atom stereocenters. The van der Waals surface area contributed by atoms with Crippen molar-refractivity contribution in [1.82, 2.24) is 14.8 Å². The van der Waals surface area contributed by atoms with Crippen LogP contribution in [-0.4, -0.2) is 72.3 Å². The van der Waals surface area contributed by atoms with Gasteiger partial charge in [0.2, 0.25) is 0 Å². The fraction of sp³-hybridized carbons (Fsp3) is 0.529. The summed E-state index contributed by atoms with van der Waals surface area (Å²) in [4.78, 5) is 20.8. The molecule has 0 radical (unpaired) electrons. The van der Waals surface area contributed by atoms with Crippen molar-refractivity contribution in [2.45, 2.75) is 25.9 Å². The standard InChI is InChI=1S/C17H23N3O3S/c1-13(2)6-8-19-9-10-20(16-12-24(22,23)11-15(16)19)17(21)14-5-3-4-7-18-14/h3-7,15-16H,8-12H2,1-2H3. The van der Waals surface area contributed by atoms with Crippen LogP contribution < -0.4 is 0 Å². The number of hydrogen-bond acceptors (Lipinski definition) is 5. The number of carbonyl (C=O) groups is 1. The Kier molecular flexibility index (Phi) is 4.73. The molecule has 1 aromatic rings. The highest BCUT2D eigenvalue weighted by molar-refractivity contribution is 7.91. The smallest absolute Gasteiger partial charge is 0.272 e. The van der Waals surface area contributed by atoms with Crippen molar-refractivity contribution in [3.63, 3.8) is 0 Å². The number of amides is 1. The lowest BCUT2D eigenvalue weighted by molar-refractivity contribution is 0.0363. The lowest BCUT2D eigenvalue weighted by Gasteiger charge is -2.43. The van der Waals surface area contributed by atoms with Gasteiger partial charge in [0, 0.05) is 31.9 Å². The van der Waals surface area contributed by atoms with Gasteiger partial charge in [-0.25, -0.2) is 8.42 Å². The maximum absolute atomic E-state index is 12.8. The van der Waals surface area contributed by atoms with E-state index >= 15 is 0 Å². The Morgan fingerprint density at radius 2 is 2.00 bits per heavy atom. The number of rotatable bonds is 3. The summed E-state index contributed by atoms with van der Waals surface area (Å²) in [7, 11) is -3.13. The van der Waals surface area contributed by atoms with Crippen LogP contribution in [0, 0.1) is 0 Å². The van der Waals surface area contributed by atoms with Gasteiger partial charge in [0.25, 0.3) is 5.91 Å². The average molecular weight is 349 g/mol. The van der Waals surface area contributed by atoms with E-state index in [4.69, 9.17) is 0 Å². The minimum absolute atomic E-state index is 0.0432. The second kappa shape index (κ2) is 6.64. The molecule has 7 heteroatoms. The summed E-state index contributed by atoms with van der Waals surface area (Å²) in [5, 5.41) is 0. The highest BCUT2D eigenvalue weighted by atomic mass is 32.2. The summed E-state index contributed by atoms with van der Waals surface area (Å²) in [6, 6.07) is 4.79. The predicted molar refractivity (Wildman–Crippen MR) is 92.5 cm³/mol. The van der Waals surface area contributed by atoms with Gasteiger partial charge in [0.05, 0.1) is 17.5 Å². The van der Waals surface area contributed by atoms with E-state index in [0.29, 0.717) is 18.8 Å². The van der Waals surface area contributed by atoms with Gasteiger partial charge < -0.3 is 4.90 Å². The molecule has 0 spiro atoms. The van der Waals surface area contributed by atoms with E-state index in [1.807, 2.05) is 13.8 Å². The zero-order valence-corrected chi connectivity index (χ0v) is 14.9. The molecule has 2 fully saturated rings. The first-order valence-corrected chi connectivity index (χ1v) is 9.99. The number of piperazine rings is 1. The lowest BCUT2D eigenvalue weighted by atomic mass is 10.0. The molecular formula is C17H23N3O3S. The quantitative estimate of drug-likeness (QED) is 0.761. The zero-order chi connectivity index (χ0) is 17.3. The number of nitrogens with zero attached hydrogens (tertiary/aromatic N) is 3. The third-order valence-corrected chi connectivity index (χ3v) is 6.37. The number of carbonyl (C=O) groups excluding carboxylic acids is 1. The van der Waals surface area contributed by atoms with E-state index in [9.17, 15) is 13.2 Å². The van der Waals surface area contributed by atoms with E-state index in [0.717, 1.165) is 6.54 Å². The van der Waals surface area contributed by atoms with Crippen LogP contribution in [0.15, 0.2) is 36.0 Å².